The molecule has 0 heterocycles. The third-order valence-electron chi connectivity index (χ3n) is 2.12. The molecule has 100 valence electrons. The average Bonchev–Trinajstić information content (AvgIpc) is 2.09. The number of hydrogen-bond acceptors (Lipinski definition) is 3. The van der Waals surface area contributed by atoms with Crippen molar-refractivity contribution in [3.8, 4) is 0 Å². The number of nitrogens with zero attached hydrogens (tertiary/aromatic N) is 1. The van der Waals surface area contributed by atoms with E-state index in [1.807, 2.05) is 13.8 Å². The molecule has 0 spiro atoms. The summed E-state index contributed by atoms with van der Waals surface area (Å²) in [5, 5.41) is -0.651. The summed E-state index contributed by atoms with van der Waals surface area (Å²) in [5.74, 6) is -0.145. The summed E-state index contributed by atoms with van der Waals surface area (Å²) in [7, 11) is 1.51. The summed E-state index contributed by atoms with van der Waals surface area (Å²) >= 11 is 5.40. The Labute approximate surface area is 108 Å². The first-order valence-corrected chi connectivity index (χ1v) is 6.07. The molecule has 0 rings (SSSR count). The highest BCUT2D eigenvalue weighted by molar-refractivity contribution is 6.62. The van der Waals surface area contributed by atoms with E-state index in [1.54, 1.807) is 20.8 Å². The van der Waals surface area contributed by atoms with E-state index in [0.717, 1.165) is 0 Å². The normalized spacial score (nSPS) is 13.4. The van der Waals surface area contributed by atoms with Crippen molar-refractivity contribution in [1.29, 1.82) is 0 Å². The van der Waals surface area contributed by atoms with Gasteiger partial charge < -0.3 is 9.64 Å². The lowest BCUT2D eigenvalue weighted by Crippen LogP contribution is -2.44. The topological polar surface area (TPSA) is 46.6 Å². The Morgan fingerprint density at radius 2 is 1.76 bits per heavy atom. The van der Waals surface area contributed by atoms with Gasteiger partial charge >= 0.3 is 11.3 Å². The van der Waals surface area contributed by atoms with Crippen LogP contribution in [0.25, 0.3) is 0 Å². The minimum absolute atomic E-state index is 0.269. The zero-order valence-electron chi connectivity index (χ0n) is 11.4. The number of carbonyl (C=O) groups is 2. The highest BCUT2D eigenvalue weighted by Gasteiger charge is 2.31. The maximum atomic E-state index is 12.0. The second kappa shape index (κ2) is 6.24. The van der Waals surface area contributed by atoms with Crippen molar-refractivity contribution in [3.05, 3.63) is 0 Å². The quantitative estimate of drug-likeness (QED) is 0.445. The largest absolute Gasteiger partial charge is 0.458 e. The van der Waals surface area contributed by atoms with E-state index < -0.39 is 23.0 Å². The standard InChI is InChI=1S/C12H22ClNO3/c1-8(2)7-9(14(6)11(13)16)10(15)17-12(3,4)5/h8-9H,7H2,1-6H3. The number of carbonyl (C=O) groups excluding carboxylic acids is 2. The molecule has 5 heteroatoms. The molecular formula is C12H22ClNO3. The molecule has 1 unspecified atom stereocenters. The Balaban J connectivity index is 4.80. The lowest BCUT2D eigenvalue weighted by Gasteiger charge is -2.29. The van der Waals surface area contributed by atoms with Crippen LogP contribution in [-0.4, -0.2) is 34.9 Å². The van der Waals surface area contributed by atoms with Gasteiger partial charge in [-0.2, -0.15) is 0 Å². The van der Waals surface area contributed by atoms with Gasteiger partial charge in [0.25, 0.3) is 0 Å². The summed E-state index contributed by atoms with van der Waals surface area (Å²) < 4.78 is 5.28. The molecule has 0 aromatic carbocycles. The van der Waals surface area contributed by atoms with Crippen LogP contribution in [0.2, 0.25) is 0 Å². The number of ether oxygens (including phenoxy) is 1. The van der Waals surface area contributed by atoms with Crippen LogP contribution >= 0.6 is 11.6 Å². The van der Waals surface area contributed by atoms with Crippen LogP contribution < -0.4 is 0 Å². The summed E-state index contributed by atoms with van der Waals surface area (Å²) in [6.45, 7) is 9.33. The van der Waals surface area contributed by atoms with Gasteiger partial charge in [0.2, 0.25) is 0 Å². The first-order valence-electron chi connectivity index (χ1n) is 5.69. The Morgan fingerprint density at radius 1 is 1.29 bits per heavy atom. The van der Waals surface area contributed by atoms with Crippen LogP contribution in [-0.2, 0) is 9.53 Å². The molecule has 0 saturated carbocycles. The van der Waals surface area contributed by atoms with Crippen LogP contribution in [0.15, 0.2) is 0 Å². The van der Waals surface area contributed by atoms with Gasteiger partial charge in [-0.05, 0) is 44.7 Å². The van der Waals surface area contributed by atoms with Crippen LogP contribution in [0.3, 0.4) is 0 Å². The lowest BCUT2D eigenvalue weighted by molar-refractivity contribution is -0.160. The maximum Gasteiger partial charge on any atom is 0.329 e. The minimum Gasteiger partial charge on any atom is -0.458 e. The third kappa shape index (κ3) is 6.51. The zero-order valence-corrected chi connectivity index (χ0v) is 12.2. The lowest BCUT2D eigenvalue weighted by atomic mass is 10.0. The van der Waals surface area contributed by atoms with Crippen LogP contribution in [0.1, 0.15) is 41.0 Å². The molecule has 0 fully saturated rings. The van der Waals surface area contributed by atoms with Crippen LogP contribution in [0.4, 0.5) is 4.79 Å². The monoisotopic (exact) mass is 263 g/mol. The minimum atomic E-state index is -0.651. The maximum absolute atomic E-state index is 12.0. The van der Waals surface area contributed by atoms with Crippen LogP contribution in [0.5, 0.6) is 0 Å². The number of hydrogen-bond donors (Lipinski definition) is 0. The van der Waals surface area contributed by atoms with E-state index in [4.69, 9.17) is 16.3 Å². The van der Waals surface area contributed by atoms with Crippen molar-refractivity contribution >= 4 is 22.9 Å². The summed E-state index contributed by atoms with van der Waals surface area (Å²) in [5.41, 5.74) is -0.567. The molecule has 0 N–H and O–H groups in total. The molecule has 0 aromatic rings. The summed E-state index contributed by atoms with van der Waals surface area (Å²) in [6, 6.07) is -0.626. The molecule has 4 nitrogen and oxygen atoms in total. The predicted octanol–water partition coefficient (Wildman–Crippen LogP) is 3.03. The third-order valence-corrected chi connectivity index (χ3v) is 2.38. The average molecular weight is 264 g/mol. The van der Waals surface area contributed by atoms with Crippen molar-refractivity contribution in [3.63, 3.8) is 0 Å². The molecule has 0 bridgehead atoms. The number of halogens is 1. The summed E-state index contributed by atoms with van der Waals surface area (Å²) in [4.78, 5) is 24.3. The van der Waals surface area contributed by atoms with E-state index in [-0.39, 0.29) is 5.92 Å². The highest BCUT2D eigenvalue weighted by Crippen LogP contribution is 2.17. The molecule has 0 saturated heterocycles. The first-order chi connectivity index (χ1) is 7.54. The van der Waals surface area contributed by atoms with Gasteiger partial charge in [-0.15, -0.1) is 0 Å². The predicted molar refractivity (Wildman–Crippen MR) is 68.1 cm³/mol. The highest BCUT2D eigenvalue weighted by atomic mass is 35.5. The van der Waals surface area contributed by atoms with E-state index >= 15 is 0 Å². The Hall–Kier alpha value is -0.770. The smallest absolute Gasteiger partial charge is 0.329 e. The zero-order chi connectivity index (χ0) is 13.8. The molecule has 0 aromatic heterocycles. The molecule has 17 heavy (non-hydrogen) atoms. The van der Waals surface area contributed by atoms with Crippen LogP contribution in [0, 0.1) is 5.92 Å². The van der Waals surface area contributed by atoms with E-state index in [2.05, 4.69) is 0 Å². The molecule has 0 aliphatic heterocycles. The SMILES string of the molecule is CC(C)CC(C(=O)OC(C)(C)C)N(C)C(=O)Cl. The van der Waals surface area contributed by atoms with E-state index in [9.17, 15) is 9.59 Å². The van der Waals surface area contributed by atoms with Crippen molar-refractivity contribution in [2.75, 3.05) is 7.05 Å². The fraction of sp³-hybridized carbons (Fsp3) is 0.833. The molecule has 0 radical (unpaired) electrons. The van der Waals surface area contributed by atoms with Crippen molar-refractivity contribution < 1.29 is 14.3 Å². The van der Waals surface area contributed by atoms with Gasteiger partial charge in [-0.3, -0.25) is 4.79 Å². The molecule has 1 atom stereocenters. The Kier molecular flexibility index (Phi) is 5.96. The molecule has 0 aliphatic rings. The van der Waals surface area contributed by atoms with Crippen molar-refractivity contribution in [2.45, 2.75) is 52.7 Å². The van der Waals surface area contributed by atoms with Gasteiger partial charge in [0, 0.05) is 7.05 Å². The fourth-order valence-corrected chi connectivity index (χ4v) is 1.47. The fourth-order valence-electron chi connectivity index (χ4n) is 1.35. The first kappa shape index (κ1) is 16.2. The van der Waals surface area contributed by atoms with Gasteiger partial charge in [-0.25, -0.2) is 4.79 Å². The number of rotatable bonds is 4. The van der Waals surface area contributed by atoms with Crippen molar-refractivity contribution in [1.82, 2.24) is 4.90 Å². The number of amides is 1. The van der Waals surface area contributed by atoms with Gasteiger partial charge in [0.15, 0.2) is 0 Å². The van der Waals surface area contributed by atoms with E-state index in [1.165, 1.54) is 11.9 Å². The molecule has 0 aliphatic carbocycles. The molecular weight excluding hydrogens is 242 g/mol. The van der Waals surface area contributed by atoms with Gasteiger partial charge in [0.1, 0.15) is 11.6 Å². The van der Waals surface area contributed by atoms with E-state index in [0.29, 0.717) is 6.42 Å². The van der Waals surface area contributed by atoms with Gasteiger partial charge in [0.05, 0.1) is 0 Å². The van der Waals surface area contributed by atoms with Crippen molar-refractivity contribution in [2.24, 2.45) is 5.92 Å². The second-order valence-electron chi connectivity index (χ2n) is 5.54. The number of likely N-dealkylation sites (N-methyl/N-ethyl adjacent to an activating group) is 1. The Bertz CT molecular complexity index is 284. The van der Waals surface area contributed by atoms with Gasteiger partial charge in [-0.1, -0.05) is 13.8 Å². The number of esters is 1. The molecule has 1 amide bonds. The summed E-state index contributed by atoms with van der Waals surface area (Å²) in [6.07, 6.45) is 0.532. The second-order valence-corrected chi connectivity index (χ2v) is 5.87. The Morgan fingerprint density at radius 3 is 2.06 bits per heavy atom.